The van der Waals surface area contributed by atoms with Crippen molar-refractivity contribution in [2.75, 3.05) is 19.7 Å². The maximum absolute atomic E-state index is 12.6. The predicted octanol–water partition coefficient (Wildman–Crippen LogP) is 6.58. The minimum absolute atomic E-state index is 0.220. The van der Waals surface area contributed by atoms with Gasteiger partial charge in [0.2, 0.25) is 0 Å². The second kappa shape index (κ2) is 11.5. The maximum atomic E-state index is 12.6. The molecule has 6 nitrogen and oxygen atoms in total. The molecule has 0 spiro atoms. The molecule has 0 unspecified atom stereocenters. The number of likely N-dealkylation sites (tertiary alicyclic amines) is 1. The molecule has 1 aliphatic rings. The molecule has 0 saturated carbocycles. The van der Waals surface area contributed by atoms with Crippen LogP contribution in [0, 0.1) is 22.7 Å². The number of nitriles is 2. The van der Waals surface area contributed by atoms with Gasteiger partial charge in [-0.1, -0.05) is 42.5 Å². The first-order valence-electron chi connectivity index (χ1n) is 12.9. The number of nitrogens with zero attached hydrogens (tertiary/aromatic N) is 3. The van der Waals surface area contributed by atoms with E-state index in [4.69, 9.17) is 14.7 Å². The van der Waals surface area contributed by atoms with Crippen molar-refractivity contribution < 1.29 is 14.3 Å². The van der Waals surface area contributed by atoms with Gasteiger partial charge in [0.05, 0.1) is 36.5 Å². The number of hydrogen-bond acceptors (Lipinski definition) is 5. The molecule has 0 bridgehead atoms. The standard InChI is InChI=1S/C32H33N3O3/c1-31(2,3)38-30(36)35-15-13-32(14-16-35,29-7-5-4-6-8-29)23-37-22-26-17-25(21-34)18-28(19-26)27-11-9-24(20-33)10-12-27/h4-12,17-19H,13-16,22-23H2,1-3H3. The molecular weight excluding hydrogens is 474 g/mol. The molecular formula is C32H33N3O3. The highest BCUT2D eigenvalue weighted by Crippen LogP contribution is 2.37. The zero-order valence-corrected chi connectivity index (χ0v) is 22.2. The topological polar surface area (TPSA) is 86.3 Å². The van der Waals surface area contributed by atoms with Crippen LogP contribution in [0.25, 0.3) is 11.1 Å². The van der Waals surface area contributed by atoms with E-state index in [2.05, 4.69) is 24.3 Å². The van der Waals surface area contributed by atoms with Crippen LogP contribution in [-0.2, 0) is 21.5 Å². The van der Waals surface area contributed by atoms with Crippen LogP contribution in [0.3, 0.4) is 0 Å². The Morgan fingerprint density at radius 3 is 2.16 bits per heavy atom. The molecule has 4 rings (SSSR count). The van der Waals surface area contributed by atoms with Gasteiger partial charge in [0.15, 0.2) is 0 Å². The average molecular weight is 508 g/mol. The Bertz CT molecular complexity index is 1340. The second-order valence-corrected chi connectivity index (χ2v) is 10.8. The summed E-state index contributed by atoms with van der Waals surface area (Å²) in [5.41, 5.74) is 4.39. The maximum Gasteiger partial charge on any atom is 0.410 e. The number of hydrogen-bond donors (Lipinski definition) is 0. The van der Waals surface area contributed by atoms with Crippen LogP contribution in [0.5, 0.6) is 0 Å². The van der Waals surface area contributed by atoms with Crippen molar-refractivity contribution >= 4 is 6.09 Å². The molecule has 1 saturated heterocycles. The number of amides is 1. The van der Waals surface area contributed by atoms with Gasteiger partial charge in [-0.05, 0) is 86.2 Å². The zero-order valence-electron chi connectivity index (χ0n) is 22.2. The highest BCUT2D eigenvalue weighted by Gasteiger charge is 2.38. The quantitative estimate of drug-likeness (QED) is 0.376. The third-order valence-corrected chi connectivity index (χ3v) is 6.87. The lowest BCUT2D eigenvalue weighted by Gasteiger charge is -2.42. The van der Waals surface area contributed by atoms with Crippen LogP contribution in [0.15, 0.2) is 72.8 Å². The fourth-order valence-corrected chi connectivity index (χ4v) is 4.86. The minimum atomic E-state index is -0.525. The number of benzene rings is 3. The normalized spacial score (nSPS) is 14.8. The van der Waals surface area contributed by atoms with Crippen molar-refractivity contribution in [3.63, 3.8) is 0 Å². The van der Waals surface area contributed by atoms with Gasteiger partial charge in [-0.2, -0.15) is 10.5 Å². The molecule has 1 aliphatic heterocycles. The largest absolute Gasteiger partial charge is 0.444 e. The van der Waals surface area contributed by atoms with E-state index in [-0.39, 0.29) is 11.5 Å². The first-order valence-corrected chi connectivity index (χ1v) is 12.9. The van der Waals surface area contributed by atoms with E-state index in [1.165, 1.54) is 5.56 Å². The molecule has 194 valence electrons. The van der Waals surface area contributed by atoms with E-state index in [0.717, 1.165) is 29.5 Å². The second-order valence-electron chi connectivity index (χ2n) is 10.8. The lowest BCUT2D eigenvalue weighted by molar-refractivity contribution is 0.00334. The molecule has 3 aromatic carbocycles. The molecule has 0 radical (unpaired) electrons. The monoisotopic (exact) mass is 507 g/mol. The van der Waals surface area contributed by atoms with Crippen molar-refractivity contribution in [1.82, 2.24) is 4.90 Å². The van der Waals surface area contributed by atoms with Gasteiger partial charge in [-0.25, -0.2) is 4.79 Å². The Hall–Kier alpha value is -4.13. The van der Waals surface area contributed by atoms with Gasteiger partial charge in [0.1, 0.15) is 5.60 Å². The number of rotatable bonds is 6. The number of piperidine rings is 1. The Kier molecular flexibility index (Phi) is 8.15. The van der Waals surface area contributed by atoms with Crippen molar-refractivity contribution in [2.24, 2.45) is 0 Å². The first kappa shape index (κ1) is 26.9. The highest BCUT2D eigenvalue weighted by atomic mass is 16.6. The van der Waals surface area contributed by atoms with E-state index in [0.29, 0.717) is 37.4 Å². The van der Waals surface area contributed by atoms with E-state index >= 15 is 0 Å². The lowest BCUT2D eigenvalue weighted by Crippen LogP contribution is -2.48. The number of carbonyl (C=O) groups is 1. The number of carbonyl (C=O) groups excluding carboxylic acids is 1. The molecule has 0 aromatic heterocycles. The molecule has 1 amide bonds. The van der Waals surface area contributed by atoms with E-state index < -0.39 is 5.60 Å². The third-order valence-electron chi connectivity index (χ3n) is 6.87. The summed E-state index contributed by atoms with van der Waals surface area (Å²) in [5.74, 6) is 0. The zero-order chi connectivity index (χ0) is 27.2. The molecule has 6 heteroatoms. The molecule has 0 aliphatic carbocycles. The van der Waals surface area contributed by atoms with Gasteiger partial charge >= 0.3 is 6.09 Å². The molecule has 38 heavy (non-hydrogen) atoms. The fourth-order valence-electron chi connectivity index (χ4n) is 4.86. The summed E-state index contributed by atoms with van der Waals surface area (Å²) in [4.78, 5) is 14.4. The van der Waals surface area contributed by atoms with Crippen LogP contribution >= 0.6 is 0 Å². The number of ether oxygens (including phenoxy) is 2. The summed E-state index contributed by atoms with van der Waals surface area (Å²) in [7, 11) is 0. The summed E-state index contributed by atoms with van der Waals surface area (Å²) in [6.07, 6.45) is 1.26. The van der Waals surface area contributed by atoms with E-state index in [9.17, 15) is 10.1 Å². The summed E-state index contributed by atoms with van der Waals surface area (Å²) < 4.78 is 11.9. The predicted molar refractivity (Wildman–Crippen MR) is 146 cm³/mol. The molecule has 0 N–H and O–H groups in total. The fraction of sp³-hybridized carbons (Fsp3) is 0.344. The molecule has 1 fully saturated rings. The van der Waals surface area contributed by atoms with Gasteiger partial charge < -0.3 is 14.4 Å². The van der Waals surface area contributed by atoms with Crippen LogP contribution in [-0.4, -0.2) is 36.3 Å². The van der Waals surface area contributed by atoms with Crippen LogP contribution < -0.4 is 0 Å². The Morgan fingerprint density at radius 1 is 0.895 bits per heavy atom. The van der Waals surface area contributed by atoms with E-state index in [1.807, 2.05) is 69.3 Å². The molecule has 0 atom stereocenters. The summed E-state index contributed by atoms with van der Waals surface area (Å²) >= 11 is 0. The van der Waals surface area contributed by atoms with Crippen molar-refractivity contribution in [3.8, 4) is 23.3 Å². The summed E-state index contributed by atoms with van der Waals surface area (Å²) in [6, 6.07) is 27.8. The van der Waals surface area contributed by atoms with Gasteiger partial charge in [0.25, 0.3) is 0 Å². The lowest BCUT2D eigenvalue weighted by atomic mass is 9.73. The van der Waals surface area contributed by atoms with Crippen molar-refractivity contribution in [1.29, 1.82) is 10.5 Å². The Morgan fingerprint density at radius 2 is 1.55 bits per heavy atom. The SMILES string of the molecule is CC(C)(C)OC(=O)N1CCC(COCc2cc(C#N)cc(-c3ccc(C#N)cc3)c2)(c2ccccc2)CC1. The van der Waals surface area contributed by atoms with Gasteiger partial charge in [-0.3, -0.25) is 0 Å². The average Bonchev–Trinajstić information content (AvgIpc) is 2.93. The minimum Gasteiger partial charge on any atom is -0.444 e. The van der Waals surface area contributed by atoms with Crippen LogP contribution in [0.2, 0.25) is 0 Å². The summed E-state index contributed by atoms with van der Waals surface area (Å²) in [6.45, 7) is 7.70. The highest BCUT2D eigenvalue weighted by molar-refractivity contribution is 5.68. The van der Waals surface area contributed by atoms with Gasteiger partial charge in [0, 0.05) is 18.5 Å². The van der Waals surface area contributed by atoms with E-state index in [1.54, 1.807) is 17.0 Å². The molecule has 3 aromatic rings. The van der Waals surface area contributed by atoms with Crippen LogP contribution in [0.4, 0.5) is 4.79 Å². The van der Waals surface area contributed by atoms with Crippen molar-refractivity contribution in [3.05, 3.63) is 95.1 Å². The Labute approximate surface area is 225 Å². The van der Waals surface area contributed by atoms with Gasteiger partial charge in [-0.15, -0.1) is 0 Å². The smallest absolute Gasteiger partial charge is 0.410 e. The van der Waals surface area contributed by atoms with Crippen molar-refractivity contribution in [2.45, 2.75) is 51.2 Å². The third kappa shape index (κ3) is 6.59. The van der Waals surface area contributed by atoms with Crippen LogP contribution in [0.1, 0.15) is 55.9 Å². The molecule has 1 heterocycles. The Balaban J connectivity index is 1.49. The first-order chi connectivity index (χ1) is 18.2. The summed E-state index contributed by atoms with van der Waals surface area (Å²) in [5, 5.41) is 18.7.